The van der Waals surface area contributed by atoms with Crippen LogP contribution in [0.2, 0.25) is 0 Å². The average molecular weight is 216 g/mol. The second kappa shape index (κ2) is 4.77. The van der Waals surface area contributed by atoms with Crippen molar-refractivity contribution in [3.05, 3.63) is 0 Å². The van der Waals surface area contributed by atoms with Crippen LogP contribution in [0.3, 0.4) is 0 Å². The summed E-state index contributed by atoms with van der Waals surface area (Å²) in [5.74, 6) is 1.25. The molecule has 1 aliphatic carbocycles. The van der Waals surface area contributed by atoms with Crippen LogP contribution in [0.5, 0.6) is 0 Å². The average Bonchev–Trinajstić information content (AvgIpc) is 2.07. The van der Waals surface area contributed by atoms with Crippen molar-refractivity contribution in [3.63, 3.8) is 0 Å². The van der Waals surface area contributed by atoms with E-state index in [1.54, 1.807) is 0 Å². The van der Waals surface area contributed by atoms with E-state index in [0.29, 0.717) is 5.92 Å². The maximum Gasteiger partial charge on any atom is 0.0655 e. The van der Waals surface area contributed by atoms with Crippen molar-refractivity contribution >= 4 is 15.9 Å². The van der Waals surface area contributed by atoms with Gasteiger partial charge in [-0.2, -0.15) is 5.26 Å². The molecule has 1 rings (SSSR count). The maximum absolute atomic E-state index is 8.65. The van der Waals surface area contributed by atoms with Gasteiger partial charge in [-0.05, 0) is 38.0 Å². The molecular formula is C9H14BrN. The summed E-state index contributed by atoms with van der Waals surface area (Å²) >= 11 is 3.45. The number of rotatable bonds is 2. The lowest BCUT2D eigenvalue weighted by atomic mass is 9.82. The summed E-state index contributed by atoms with van der Waals surface area (Å²) in [4.78, 5) is 0. The van der Waals surface area contributed by atoms with E-state index in [1.807, 2.05) is 0 Å². The van der Waals surface area contributed by atoms with Crippen molar-refractivity contribution in [3.8, 4) is 6.07 Å². The summed E-state index contributed by atoms with van der Waals surface area (Å²) < 4.78 is 0. The molecule has 11 heavy (non-hydrogen) atoms. The van der Waals surface area contributed by atoms with Crippen molar-refractivity contribution in [1.29, 1.82) is 5.26 Å². The zero-order chi connectivity index (χ0) is 8.10. The van der Waals surface area contributed by atoms with Gasteiger partial charge in [0.1, 0.15) is 0 Å². The van der Waals surface area contributed by atoms with Gasteiger partial charge in [0.05, 0.1) is 6.07 Å². The fraction of sp³-hybridized carbons (Fsp3) is 0.889. The highest BCUT2D eigenvalue weighted by atomic mass is 79.9. The Kier molecular flexibility index (Phi) is 3.93. The van der Waals surface area contributed by atoms with Gasteiger partial charge in [-0.25, -0.2) is 0 Å². The van der Waals surface area contributed by atoms with Gasteiger partial charge < -0.3 is 0 Å². The Bertz CT molecular complexity index is 142. The Balaban J connectivity index is 2.20. The first-order valence-corrected chi connectivity index (χ1v) is 5.44. The first-order valence-electron chi connectivity index (χ1n) is 4.32. The highest BCUT2D eigenvalue weighted by Crippen LogP contribution is 2.30. The molecule has 0 saturated heterocycles. The summed E-state index contributed by atoms with van der Waals surface area (Å²) in [7, 11) is 0. The number of nitrogens with zero attached hydrogens (tertiary/aromatic N) is 1. The highest BCUT2D eigenvalue weighted by Gasteiger charge is 2.19. The van der Waals surface area contributed by atoms with Gasteiger partial charge in [-0.3, -0.25) is 0 Å². The molecule has 0 heterocycles. The molecule has 0 unspecified atom stereocenters. The molecule has 1 nitrogen and oxygen atoms in total. The summed E-state index contributed by atoms with van der Waals surface area (Å²) in [6, 6.07) is 2.35. The lowest BCUT2D eigenvalue weighted by Gasteiger charge is -2.23. The molecule has 0 aromatic rings. The van der Waals surface area contributed by atoms with Gasteiger partial charge in [0.2, 0.25) is 0 Å². The highest BCUT2D eigenvalue weighted by molar-refractivity contribution is 9.09. The van der Waals surface area contributed by atoms with E-state index in [0.717, 1.165) is 24.1 Å². The molecular weight excluding hydrogens is 202 g/mol. The Morgan fingerprint density at radius 3 is 2.36 bits per heavy atom. The first-order chi connectivity index (χ1) is 5.36. The summed E-state index contributed by atoms with van der Waals surface area (Å²) in [5, 5.41) is 9.77. The lowest BCUT2D eigenvalue weighted by Crippen LogP contribution is -2.13. The molecule has 1 saturated carbocycles. The Labute approximate surface area is 76.9 Å². The van der Waals surface area contributed by atoms with Gasteiger partial charge in [0.15, 0.2) is 0 Å². The lowest BCUT2D eigenvalue weighted by molar-refractivity contribution is 0.310. The van der Waals surface area contributed by atoms with Crippen molar-refractivity contribution in [2.24, 2.45) is 11.8 Å². The van der Waals surface area contributed by atoms with E-state index < -0.39 is 0 Å². The quantitative estimate of drug-likeness (QED) is 0.650. The Morgan fingerprint density at radius 2 is 1.91 bits per heavy atom. The number of hydrogen-bond donors (Lipinski definition) is 0. The van der Waals surface area contributed by atoms with Crippen molar-refractivity contribution < 1.29 is 0 Å². The molecule has 1 fully saturated rings. The van der Waals surface area contributed by atoms with Crippen LogP contribution in [-0.4, -0.2) is 5.33 Å². The van der Waals surface area contributed by atoms with E-state index in [1.165, 1.54) is 19.3 Å². The number of halogens is 1. The SMILES string of the molecule is N#CC1CCC(CCBr)CC1. The smallest absolute Gasteiger partial charge is 0.0655 e. The molecule has 0 aromatic heterocycles. The third-order valence-electron chi connectivity index (χ3n) is 2.55. The Hall–Kier alpha value is -0.0300. The molecule has 2 heteroatoms. The van der Waals surface area contributed by atoms with Crippen LogP contribution >= 0.6 is 15.9 Å². The zero-order valence-corrected chi connectivity index (χ0v) is 8.31. The summed E-state index contributed by atoms with van der Waals surface area (Å²) in [6.45, 7) is 0. The minimum atomic E-state index is 0.363. The number of nitriles is 1. The maximum atomic E-state index is 8.65. The van der Waals surface area contributed by atoms with E-state index >= 15 is 0 Å². The molecule has 0 amide bonds. The fourth-order valence-electron chi connectivity index (χ4n) is 1.73. The van der Waals surface area contributed by atoms with Crippen LogP contribution < -0.4 is 0 Å². The fourth-order valence-corrected chi connectivity index (χ4v) is 2.38. The largest absolute Gasteiger partial charge is 0.198 e. The second-order valence-electron chi connectivity index (χ2n) is 3.32. The van der Waals surface area contributed by atoms with Crippen molar-refractivity contribution in [1.82, 2.24) is 0 Å². The van der Waals surface area contributed by atoms with Crippen LogP contribution in [0.1, 0.15) is 32.1 Å². The topological polar surface area (TPSA) is 23.8 Å². The molecule has 0 aromatic carbocycles. The second-order valence-corrected chi connectivity index (χ2v) is 4.12. The third kappa shape index (κ3) is 2.83. The molecule has 0 radical (unpaired) electrons. The van der Waals surface area contributed by atoms with Crippen LogP contribution in [0.4, 0.5) is 0 Å². The minimum Gasteiger partial charge on any atom is -0.198 e. The monoisotopic (exact) mass is 215 g/mol. The third-order valence-corrected chi connectivity index (χ3v) is 3.00. The summed E-state index contributed by atoms with van der Waals surface area (Å²) in [5.41, 5.74) is 0. The first kappa shape index (κ1) is 9.06. The summed E-state index contributed by atoms with van der Waals surface area (Å²) in [6.07, 6.45) is 6.09. The Morgan fingerprint density at radius 1 is 1.27 bits per heavy atom. The molecule has 0 N–H and O–H groups in total. The normalized spacial score (nSPS) is 31.3. The minimum absolute atomic E-state index is 0.363. The van der Waals surface area contributed by atoms with Gasteiger partial charge in [0.25, 0.3) is 0 Å². The van der Waals surface area contributed by atoms with Crippen molar-refractivity contribution in [2.75, 3.05) is 5.33 Å². The molecule has 0 bridgehead atoms. The van der Waals surface area contributed by atoms with Gasteiger partial charge >= 0.3 is 0 Å². The molecule has 62 valence electrons. The van der Waals surface area contributed by atoms with Crippen LogP contribution in [-0.2, 0) is 0 Å². The van der Waals surface area contributed by atoms with E-state index in [4.69, 9.17) is 5.26 Å². The zero-order valence-electron chi connectivity index (χ0n) is 6.72. The van der Waals surface area contributed by atoms with E-state index in [-0.39, 0.29) is 0 Å². The van der Waals surface area contributed by atoms with Crippen molar-refractivity contribution in [2.45, 2.75) is 32.1 Å². The van der Waals surface area contributed by atoms with Crippen LogP contribution in [0.15, 0.2) is 0 Å². The van der Waals surface area contributed by atoms with Crippen LogP contribution in [0, 0.1) is 23.2 Å². The molecule has 0 aliphatic heterocycles. The molecule has 0 atom stereocenters. The predicted molar refractivity (Wildman–Crippen MR) is 49.5 cm³/mol. The van der Waals surface area contributed by atoms with Crippen LogP contribution in [0.25, 0.3) is 0 Å². The molecule has 0 spiro atoms. The van der Waals surface area contributed by atoms with Gasteiger partial charge in [-0.15, -0.1) is 0 Å². The number of hydrogen-bond acceptors (Lipinski definition) is 1. The van der Waals surface area contributed by atoms with Gasteiger partial charge in [0, 0.05) is 11.2 Å². The van der Waals surface area contributed by atoms with E-state index in [9.17, 15) is 0 Å². The van der Waals surface area contributed by atoms with E-state index in [2.05, 4.69) is 22.0 Å². The predicted octanol–water partition coefficient (Wildman–Crippen LogP) is 3.10. The standard InChI is InChI=1S/C9H14BrN/c10-6-5-8-1-3-9(7-11)4-2-8/h8-9H,1-6H2. The molecule has 1 aliphatic rings. The van der Waals surface area contributed by atoms with Gasteiger partial charge in [-0.1, -0.05) is 15.9 Å². The number of alkyl halides is 1.